The molecule has 0 atom stereocenters. The minimum absolute atomic E-state index is 0.216. The van der Waals surface area contributed by atoms with E-state index >= 15 is 0 Å². The Morgan fingerprint density at radius 2 is 1.80 bits per heavy atom. The number of aromatic nitrogens is 2. The Labute approximate surface area is 178 Å². The summed E-state index contributed by atoms with van der Waals surface area (Å²) < 4.78 is 13.4. The third-order valence-electron chi connectivity index (χ3n) is 6.16. The first kappa shape index (κ1) is 20.8. The Hall–Kier alpha value is -2.50. The number of nitrogens with zero attached hydrogens (tertiary/aromatic N) is 3. The Morgan fingerprint density at radius 3 is 2.53 bits per heavy atom. The van der Waals surface area contributed by atoms with Gasteiger partial charge in [0.2, 0.25) is 0 Å². The third kappa shape index (κ3) is 5.55. The highest BCUT2D eigenvalue weighted by Gasteiger charge is 2.21. The van der Waals surface area contributed by atoms with Gasteiger partial charge in [-0.2, -0.15) is 5.10 Å². The molecule has 4 rings (SSSR count). The SMILES string of the molecule is CN1CCC(CN(CCc2ccccc2)Cc2cn[nH]c2-c2ccc(F)cc2)CC1. The molecule has 1 aliphatic heterocycles. The highest BCUT2D eigenvalue weighted by atomic mass is 19.1. The van der Waals surface area contributed by atoms with Crippen LogP contribution in [0.4, 0.5) is 4.39 Å². The minimum Gasteiger partial charge on any atom is -0.306 e. The lowest BCUT2D eigenvalue weighted by atomic mass is 9.96. The van der Waals surface area contributed by atoms with E-state index in [-0.39, 0.29) is 5.82 Å². The van der Waals surface area contributed by atoms with Crippen LogP contribution in [-0.2, 0) is 13.0 Å². The first-order chi connectivity index (χ1) is 14.7. The van der Waals surface area contributed by atoms with E-state index in [1.54, 1.807) is 0 Å². The van der Waals surface area contributed by atoms with Crippen molar-refractivity contribution in [3.63, 3.8) is 0 Å². The predicted molar refractivity (Wildman–Crippen MR) is 120 cm³/mol. The summed E-state index contributed by atoms with van der Waals surface area (Å²) >= 11 is 0. The van der Waals surface area contributed by atoms with Crippen molar-refractivity contribution >= 4 is 0 Å². The van der Waals surface area contributed by atoms with Gasteiger partial charge in [-0.15, -0.1) is 0 Å². The second kappa shape index (κ2) is 10.0. The number of aromatic amines is 1. The number of nitrogens with one attached hydrogen (secondary N) is 1. The Balaban J connectivity index is 1.47. The van der Waals surface area contributed by atoms with Crippen LogP contribution in [0.1, 0.15) is 24.0 Å². The number of likely N-dealkylation sites (tertiary alicyclic amines) is 1. The van der Waals surface area contributed by atoms with Crippen molar-refractivity contribution in [2.24, 2.45) is 5.92 Å². The molecule has 0 aliphatic carbocycles. The molecule has 1 N–H and O–H groups in total. The smallest absolute Gasteiger partial charge is 0.123 e. The second-order valence-corrected chi connectivity index (χ2v) is 8.49. The lowest BCUT2D eigenvalue weighted by molar-refractivity contribution is 0.157. The van der Waals surface area contributed by atoms with Crippen molar-refractivity contribution in [1.29, 1.82) is 0 Å². The van der Waals surface area contributed by atoms with Crippen molar-refractivity contribution < 1.29 is 4.39 Å². The maximum atomic E-state index is 13.4. The normalized spacial score (nSPS) is 15.7. The van der Waals surface area contributed by atoms with Gasteiger partial charge in [0.1, 0.15) is 5.82 Å². The van der Waals surface area contributed by atoms with E-state index in [4.69, 9.17) is 0 Å². The largest absolute Gasteiger partial charge is 0.306 e. The number of H-pyrrole nitrogens is 1. The fourth-order valence-electron chi connectivity index (χ4n) is 4.31. The average Bonchev–Trinajstić information content (AvgIpc) is 3.23. The molecular weight excluding hydrogens is 375 g/mol. The molecule has 4 nitrogen and oxygen atoms in total. The summed E-state index contributed by atoms with van der Waals surface area (Å²) in [6.45, 7) is 5.34. The summed E-state index contributed by atoms with van der Waals surface area (Å²) in [7, 11) is 2.21. The van der Waals surface area contributed by atoms with Gasteiger partial charge in [-0.05, 0) is 75.1 Å². The van der Waals surface area contributed by atoms with E-state index in [9.17, 15) is 4.39 Å². The Bertz CT molecular complexity index is 898. The zero-order valence-corrected chi connectivity index (χ0v) is 17.7. The number of hydrogen-bond donors (Lipinski definition) is 1. The lowest BCUT2D eigenvalue weighted by Crippen LogP contribution is -2.37. The van der Waals surface area contributed by atoms with E-state index in [1.165, 1.54) is 49.2 Å². The zero-order valence-electron chi connectivity index (χ0n) is 17.7. The van der Waals surface area contributed by atoms with Crippen molar-refractivity contribution in [2.75, 3.05) is 33.2 Å². The summed E-state index contributed by atoms with van der Waals surface area (Å²) in [6, 6.07) is 17.3. The summed E-state index contributed by atoms with van der Waals surface area (Å²) in [6.07, 6.45) is 5.48. The average molecular weight is 407 g/mol. The molecule has 158 valence electrons. The van der Waals surface area contributed by atoms with Gasteiger partial charge in [0.25, 0.3) is 0 Å². The number of hydrogen-bond acceptors (Lipinski definition) is 3. The molecule has 2 heterocycles. The molecule has 5 heteroatoms. The Kier molecular flexibility index (Phi) is 6.92. The lowest BCUT2D eigenvalue weighted by Gasteiger charge is -2.33. The molecule has 1 saturated heterocycles. The first-order valence-electron chi connectivity index (χ1n) is 10.9. The molecule has 3 aromatic rings. The molecule has 1 aliphatic rings. The number of rotatable bonds is 8. The van der Waals surface area contributed by atoms with E-state index in [0.717, 1.165) is 43.2 Å². The number of benzene rings is 2. The molecule has 1 aromatic heterocycles. The predicted octanol–water partition coefficient (Wildman–Crippen LogP) is 4.60. The van der Waals surface area contributed by atoms with Crippen LogP contribution in [0.25, 0.3) is 11.3 Å². The van der Waals surface area contributed by atoms with Crippen LogP contribution < -0.4 is 0 Å². The molecule has 0 unspecified atom stereocenters. The molecule has 0 radical (unpaired) electrons. The monoisotopic (exact) mass is 406 g/mol. The first-order valence-corrected chi connectivity index (χ1v) is 10.9. The fraction of sp³-hybridized carbons (Fsp3) is 0.400. The van der Waals surface area contributed by atoms with Crippen LogP contribution in [0.15, 0.2) is 60.8 Å². The van der Waals surface area contributed by atoms with Gasteiger partial charge >= 0.3 is 0 Å². The maximum absolute atomic E-state index is 13.4. The summed E-state index contributed by atoms with van der Waals surface area (Å²) in [5.74, 6) is 0.518. The van der Waals surface area contributed by atoms with Crippen LogP contribution >= 0.6 is 0 Å². The molecule has 30 heavy (non-hydrogen) atoms. The van der Waals surface area contributed by atoms with Gasteiger partial charge in [0, 0.05) is 30.8 Å². The quantitative estimate of drug-likeness (QED) is 0.594. The van der Waals surface area contributed by atoms with Crippen LogP contribution in [-0.4, -0.2) is 53.2 Å². The van der Waals surface area contributed by atoms with E-state index in [2.05, 4.69) is 57.4 Å². The van der Waals surface area contributed by atoms with Gasteiger partial charge in [-0.1, -0.05) is 30.3 Å². The van der Waals surface area contributed by atoms with Crippen molar-refractivity contribution in [3.8, 4) is 11.3 Å². The van der Waals surface area contributed by atoms with Crippen LogP contribution in [0.2, 0.25) is 0 Å². The maximum Gasteiger partial charge on any atom is 0.123 e. The highest BCUT2D eigenvalue weighted by Crippen LogP contribution is 2.24. The highest BCUT2D eigenvalue weighted by molar-refractivity contribution is 5.62. The van der Waals surface area contributed by atoms with Crippen LogP contribution in [0.5, 0.6) is 0 Å². The standard InChI is InChI=1S/C25H31FN4/c1-29-14-11-21(12-15-29)18-30(16-13-20-5-3-2-4-6-20)19-23-17-27-28-25(23)22-7-9-24(26)10-8-22/h2-10,17,21H,11-16,18-19H2,1H3,(H,27,28). The van der Waals surface area contributed by atoms with E-state index < -0.39 is 0 Å². The van der Waals surface area contributed by atoms with Gasteiger partial charge in [0.15, 0.2) is 0 Å². The zero-order chi connectivity index (χ0) is 20.8. The van der Waals surface area contributed by atoms with Crippen molar-refractivity contribution in [1.82, 2.24) is 20.0 Å². The van der Waals surface area contributed by atoms with Crippen molar-refractivity contribution in [3.05, 3.63) is 77.7 Å². The van der Waals surface area contributed by atoms with Gasteiger partial charge < -0.3 is 4.90 Å². The molecule has 1 fully saturated rings. The fourth-order valence-corrected chi connectivity index (χ4v) is 4.31. The molecule has 2 aromatic carbocycles. The third-order valence-corrected chi connectivity index (χ3v) is 6.16. The van der Waals surface area contributed by atoms with Crippen LogP contribution in [0, 0.1) is 11.7 Å². The summed E-state index contributed by atoms with van der Waals surface area (Å²) in [5, 5.41) is 7.42. The van der Waals surface area contributed by atoms with Gasteiger partial charge in [0.05, 0.1) is 11.9 Å². The Morgan fingerprint density at radius 1 is 1.07 bits per heavy atom. The van der Waals surface area contributed by atoms with Gasteiger partial charge in [-0.25, -0.2) is 4.39 Å². The molecule has 0 saturated carbocycles. The number of halogens is 1. The molecular formula is C25H31FN4. The molecule has 0 bridgehead atoms. The molecule has 0 amide bonds. The van der Waals surface area contributed by atoms with Crippen LogP contribution in [0.3, 0.4) is 0 Å². The second-order valence-electron chi connectivity index (χ2n) is 8.49. The van der Waals surface area contributed by atoms with Crippen molar-refractivity contribution in [2.45, 2.75) is 25.8 Å². The topological polar surface area (TPSA) is 35.2 Å². The molecule has 0 spiro atoms. The number of piperidine rings is 1. The van der Waals surface area contributed by atoms with E-state index in [0.29, 0.717) is 0 Å². The van der Waals surface area contributed by atoms with Gasteiger partial charge in [-0.3, -0.25) is 10.00 Å². The summed E-state index contributed by atoms with van der Waals surface area (Å²) in [4.78, 5) is 4.99. The summed E-state index contributed by atoms with van der Waals surface area (Å²) in [5.41, 5.74) is 4.51. The minimum atomic E-state index is -0.216. The van der Waals surface area contributed by atoms with E-state index in [1.807, 2.05) is 18.3 Å².